The summed E-state index contributed by atoms with van der Waals surface area (Å²) in [6, 6.07) is 17.2. The van der Waals surface area contributed by atoms with Crippen molar-refractivity contribution in [2.75, 3.05) is 19.5 Å². The van der Waals surface area contributed by atoms with Crippen molar-refractivity contribution in [2.24, 2.45) is 0 Å². The number of benzene rings is 2. The van der Waals surface area contributed by atoms with Gasteiger partial charge in [0.05, 0.1) is 26.3 Å². The number of aromatic nitrogens is 3. The van der Waals surface area contributed by atoms with Crippen molar-refractivity contribution in [3.05, 3.63) is 77.3 Å². The molecule has 0 unspecified atom stereocenters. The molecule has 0 aliphatic heterocycles. The number of carbonyl (C=O) groups excluding carboxylic acids is 1. The second-order valence-corrected chi connectivity index (χ2v) is 7.61. The van der Waals surface area contributed by atoms with Gasteiger partial charge in [0.1, 0.15) is 17.3 Å². The molecule has 33 heavy (non-hydrogen) atoms. The van der Waals surface area contributed by atoms with Crippen molar-refractivity contribution in [2.45, 2.75) is 26.2 Å². The number of rotatable bonds is 9. The molecule has 2 aromatic carbocycles. The summed E-state index contributed by atoms with van der Waals surface area (Å²) in [5, 5.41) is 10.00. The van der Waals surface area contributed by atoms with Crippen LogP contribution in [0.3, 0.4) is 0 Å². The molecule has 0 aliphatic carbocycles. The van der Waals surface area contributed by atoms with Crippen molar-refractivity contribution in [1.82, 2.24) is 15.2 Å². The van der Waals surface area contributed by atoms with Crippen LogP contribution in [-0.4, -0.2) is 35.3 Å². The predicted molar refractivity (Wildman–Crippen MR) is 125 cm³/mol. The molecule has 0 aliphatic rings. The summed E-state index contributed by atoms with van der Waals surface area (Å²) in [6.45, 7) is 1.81. The van der Waals surface area contributed by atoms with Crippen molar-refractivity contribution < 1.29 is 18.7 Å². The Hall–Kier alpha value is -4.07. The first kappa shape index (κ1) is 22.1. The number of amides is 1. The molecule has 8 heteroatoms. The lowest BCUT2D eigenvalue weighted by Crippen LogP contribution is -2.15. The quantitative estimate of drug-likeness (QED) is 0.396. The SMILES string of the molecule is COc1cc(CCc2cc(NC(=O)Cc3nc(-c4ccccc4)oc3C)n[nH]2)cc(OC)c1. The van der Waals surface area contributed by atoms with Crippen molar-refractivity contribution in [1.29, 1.82) is 0 Å². The monoisotopic (exact) mass is 446 g/mol. The topological polar surface area (TPSA) is 102 Å². The fraction of sp³-hybridized carbons (Fsp3) is 0.240. The smallest absolute Gasteiger partial charge is 0.231 e. The van der Waals surface area contributed by atoms with Crippen LogP contribution < -0.4 is 14.8 Å². The molecule has 2 heterocycles. The van der Waals surface area contributed by atoms with E-state index >= 15 is 0 Å². The first-order chi connectivity index (χ1) is 16.0. The number of nitrogens with one attached hydrogen (secondary N) is 2. The Morgan fingerprint density at radius 1 is 1.03 bits per heavy atom. The number of nitrogens with zero attached hydrogens (tertiary/aromatic N) is 2. The van der Waals surface area contributed by atoms with Gasteiger partial charge in [-0.2, -0.15) is 5.10 Å². The fourth-order valence-corrected chi connectivity index (χ4v) is 3.48. The van der Waals surface area contributed by atoms with E-state index in [1.54, 1.807) is 14.2 Å². The van der Waals surface area contributed by atoms with Crippen LogP contribution in [0.5, 0.6) is 11.5 Å². The Balaban J connectivity index is 1.34. The molecule has 4 rings (SSSR count). The van der Waals surface area contributed by atoms with Gasteiger partial charge in [-0.25, -0.2) is 4.98 Å². The molecule has 0 saturated carbocycles. The van der Waals surface area contributed by atoms with Crippen LogP contribution in [0, 0.1) is 6.92 Å². The Morgan fingerprint density at radius 3 is 2.45 bits per heavy atom. The standard InChI is InChI=1S/C25H26N4O4/c1-16-22(26-25(33-16)18-7-5-4-6-8-18)15-24(30)27-23-13-19(28-29-23)10-9-17-11-20(31-2)14-21(12-17)32-3/h4-8,11-14H,9-10,15H2,1-3H3,(H2,27,28,29,30). The van der Waals surface area contributed by atoms with Gasteiger partial charge in [0.2, 0.25) is 11.8 Å². The van der Waals surface area contributed by atoms with Crippen LogP contribution in [0.1, 0.15) is 22.7 Å². The zero-order chi connectivity index (χ0) is 23.2. The molecule has 0 saturated heterocycles. The van der Waals surface area contributed by atoms with Gasteiger partial charge < -0.3 is 19.2 Å². The third-order valence-electron chi connectivity index (χ3n) is 5.23. The molecule has 0 bridgehead atoms. The maximum atomic E-state index is 12.5. The highest BCUT2D eigenvalue weighted by atomic mass is 16.5. The van der Waals surface area contributed by atoms with Gasteiger partial charge in [0, 0.05) is 23.4 Å². The minimum absolute atomic E-state index is 0.105. The number of hydrogen-bond donors (Lipinski definition) is 2. The van der Waals surface area contributed by atoms with Crippen LogP contribution in [0.2, 0.25) is 0 Å². The van der Waals surface area contributed by atoms with E-state index in [2.05, 4.69) is 20.5 Å². The van der Waals surface area contributed by atoms with Crippen molar-refractivity contribution in [3.63, 3.8) is 0 Å². The van der Waals surface area contributed by atoms with E-state index < -0.39 is 0 Å². The highest BCUT2D eigenvalue weighted by Gasteiger charge is 2.15. The Morgan fingerprint density at radius 2 is 1.76 bits per heavy atom. The van der Waals surface area contributed by atoms with E-state index in [0.29, 0.717) is 23.2 Å². The number of oxazole rings is 1. The van der Waals surface area contributed by atoms with E-state index in [1.807, 2.05) is 61.5 Å². The van der Waals surface area contributed by atoms with E-state index in [1.165, 1.54) is 0 Å². The summed E-state index contributed by atoms with van der Waals surface area (Å²) in [5.41, 5.74) is 3.48. The summed E-state index contributed by atoms with van der Waals surface area (Å²) < 4.78 is 16.4. The summed E-state index contributed by atoms with van der Waals surface area (Å²) in [4.78, 5) is 17.0. The average molecular weight is 447 g/mol. The van der Waals surface area contributed by atoms with Gasteiger partial charge >= 0.3 is 0 Å². The molecule has 2 aromatic heterocycles. The zero-order valence-electron chi connectivity index (χ0n) is 18.8. The minimum atomic E-state index is -0.207. The van der Waals surface area contributed by atoms with Crippen LogP contribution in [0.25, 0.3) is 11.5 Å². The number of anilines is 1. The van der Waals surface area contributed by atoms with Gasteiger partial charge in [-0.1, -0.05) is 18.2 Å². The summed E-state index contributed by atoms with van der Waals surface area (Å²) in [7, 11) is 3.26. The van der Waals surface area contributed by atoms with Crippen molar-refractivity contribution >= 4 is 11.7 Å². The number of methoxy groups -OCH3 is 2. The fourth-order valence-electron chi connectivity index (χ4n) is 3.48. The van der Waals surface area contributed by atoms with E-state index in [9.17, 15) is 4.79 Å². The largest absolute Gasteiger partial charge is 0.497 e. The van der Waals surface area contributed by atoms with Crippen LogP contribution >= 0.6 is 0 Å². The van der Waals surface area contributed by atoms with Crippen LogP contribution in [0.4, 0.5) is 5.82 Å². The molecule has 0 radical (unpaired) electrons. The summed E-state index contributed by atoms with van der Waals surface area (Å²) >= 11 is 0. The lowest BCUT2D eigenvalue weighted by molar-refractivity contribution is -0.115. The Kier molecular flexibility index (Phi) is 6.73. The van der Waals surface area contributed by atoms with Crippen molar-refractivity contribution in [3.8, 4) is 23.0 Å². The van der Waals surface area contributed by atoms with Gasteiger partial charge in [-0.3, -0.25) is 9.89 Å². The summed E-state index contributed by atoms with van der Waals surface area (Å²) in [6.07, 6.45) is 1.60. The summed E-state index contributed by atoms with van der Waals surface area (Å²) in [5.74, 6) is 2.90. The number of ether oxygens (including phenoxy) is 2. The normalized spacial score (nSPS) is 10.8. The Labute approximate surface area is 192 Å². The lowest BCUT2D eigenvalue weighted by Gasteiger charge is -2.08. The molecule has 0 spiro atoms. The highest BCUT2D eigenvalue weighted by Crippen LogP contribution is 2.24. The second-order valence-electron chi connectivity index (χ2n) is 7.61. The maximum absolute atomic E-state index is 12.5. The molecule has 170 valence electrons. The minimum Gasteiger partial charge on any atom is -0.497 e. The van der Waals surface area contributed by atoms with Gasteiger partial charge in [-0.15, -0.1) is 0 Å². The number of H-pyrrole nitrogens is 1. The zero-order valence-corrected chi connectivity index (χ0v) is 18.8. The molecule has 0 atom stereocenters. The van der Waals surface area contributed by atoms with E-state index in [0.717, 1.165) is 41.2 Å². The van der Waals surface area contributed by atoms with E-state index in [4.69, 9.17) is 13.9 Å². The first-order valence-corrected chi connectivity index (χ1v) is 10.6. The van der Waals surface area contributed by atoms with Gasteiger partial charge in [-0.05, 0) is 49.6 Å². The average Bonchev–Trinajstić information content (AvgIpc) is 3.44. The number of aryl methyl sites for hydroxylation is 3. The molecule has 4 aromatic rings. The molecule has 2 N–H and O–H groups in total. The molecular weight excluding hydrogens is 420 g/mol. The van der Waals surface area contributed by atoms with Crippen LogP contribution in [-0.2, 0) is 24.1 Å². The number of aromatic amines is 1. The van der Waals surface area contributed by atoms with Gasteiger partial charge in [0.25, 0.3) is 0 Å². The molecular formula is C25H26N4O4. The molecule has 0 fully saturated rings. The lowest BCUT2D eigenvalue weighted by atomic mass is 10.1. The first-order valence-electron chi connectivity index (χ1n) is 10.6. The molecule has 1 amide bonds. The predicted octanol–water partition coefficient (Wildman–Crippen LogP) is 4.36. The van der Waals surface area contributed by atoms with Gasteiger partial charge in [0.15, 0.2) is 5.82 Å². The third-order valence-corrected chi connectivity index (χ3v) is 5.23. The van der Waals surface area contributed by atoms with Crippen LogP contribution in [0.15, 0.2) is 59.0 Å². The third kappa shape index (κ3) is 5.60. The highest BCUT2D eigenvalue weighted by molar-refractivity contribution is 5.91. The Bertz CT molecular complexity index is 1210. The van der Waals surface area contributed by atoms with E-state index in [-0.39, 0.29) is 12.3 Å². The second kappa shape index (κ2) is 10.0. The number of hydrogen-bond acceptors (Lipinski definition) is 6. The number of carbonyl (C=O) groups is 1. The molecule has 8 nitrogen and oxygen atoms in total. The maximum Gasteiger partial charge on any atom is 0.231 e.